The van der Waals surface area contributed by atoms with Gasteiger partial charge in [0.2, 0.25) is 0 Å². The Hall–Kier alpha value is -2.33. The fraction of sp³-hybridized carbons (Fsp3) is 0.519. The fourth-order valence-corrected chi connectivity index (χ4v) is 5.72. The van der Waals surface area contributed by atoms with E-state index in [4.69, 9.17) is 4.74 Å². The minimum atomic E-state index is -0.468. The molecule has 1 amide bonds. The van der Waals surface area contributed by atoms with Gasteiger partial charge in [-0.15, -0.1) is 0 Å². The Kier molecular flexibility index (Phi) is 5.29. The first kappa shape index (κ1) is 20.6. The van der Waals surface area contributed by atoms with Crippen molar-refractivity contribution in [2.24, 2.45) is 11.8 Å². The molecule has 31 heavy (non-hydrogen) atoms. The topological polar surface area (TPSA) is 32.8 Å². The zero-order valence-electron chi connectivity index (χ0n) is 18.9. The van der Waals surface area contributed by atoms with Crippen molar-refractivity contribution in [3.8, 4) is 0 Å². The third kappa shape index (κ3) is 4.36. The maximum absolute atomic E-state index is 13.3. The molecular weight excluding hydrogens is 384 g/mol. The summed E-state index contributed by atoms with van der Waals surface area (Å²) in [7, 11) is 0. The predicted octanol–water partition coefficient (Wildman–Crippen LogP) is 5.30. The number of piperidine rings is 2. The van der Waals surface area contributed by atoms with Crippen LogP contribution in [0.5, 0.6) is 0 Å². The summed E-state index contributed by atoms with van der Waals surface area (Å²) in [6, 6.07) is 22.0. The van der Waals surface area contributed by atoms with Gasteiger partial charge in [-0.1, -0.05) is 60.7 Å². The summed E-state index contributed by atoms with van der Waals surface area (Å²) in [5, 5.41) is 0. The number of amides is 1. The Morgan fingerprint density at radius 3 is 2.19 bits per heavy atom. The minimum absolute atomic E-state index is 0.118. The molecule has 0 N–H and O–H groups in total. The Morgan fingerprint density at radius 2 is 1.58 bits per heavy atom. The molecule has 2 aromatic carbocycles. The van der Waals surface area contributed by atoms with E-state index in [0.717, 1.165) is 26.1 Å². The number of carbonyl (C=O) groups is 1. The van der Waals surface area contributed by atoms with Crippen LogP contribution in [0.15, 0.2) is 60.7 Å². The molecular formula is C27H34N2O2. The van der Waals surface area contributed by atoms with E-state index in [1.807, 2.05) is 20.8 Å². The van der Waals surface area contributed by atoms with Crippen molar-refractivity contribution in [3.05, 3.63) is 71.8 Å². The number of hydrogen-bond donors (Lipinski definition) is 0. The first-order chi connectivity index (χ1) is 14.9. The van der Waals surface area contributed by atoms with Crippen LogP contribution in [0.1, 0.15) is 50.7 Å². The summed E-state index contributed by atoms with van der Waals surface area (Å²) >= 11 is 0. The number of carbonyl (C=O) groups excluding carboxylic acids is 1. The van der Waals surface area contributed by atoms with Crippen molar-refractivity contribution < 1.29 is 9.53 Å². The smallest absolute Gasteiger partial charge is 0.410 e. The third-order valence-corrected chi connectivity index (χ3v) is 7.07. The van der Waals surface area contributed by atoms with E-state index in [-0.39, 0.29) is 12.1 Å². The van der Waals surface area contributed by atoms with E-state index < -0.39 is 5.60 Å². The number of fused-ring (bicyclic) bond motifs is 2. The van der Waals surface area contributed by atoms with Crippen LogP contribution >= 0.6 is 0 Å². The number of hydrogen-bond acceptors (Lipinski definition) is 3. The molecule has 2 saturated heterocycles. The molecule has 2 bridgehead atoms. The quantitative estimate of drug-likeness (QED) is 0.660. The van der Waals surface area contributed by atoms with E-state index in [9.17, 15) is 4.79 Å². The lowest BCUT2D eigenvalue weighted by molar-refractivity contribution is -0.0851. The van der Waals surface area contributed by atoms with E-state index in [1.54, 1.807) is 0 Å². The molecule has 4 heteroatoms. The summed E-state index contributed by atoms with van der Waals surface area (Å²) in [6.07, 6.45) is 2.16. The van der Waals surface area contributed by atoms with Crippen LogP contribution in [-0.2, 0) is 11.3 Å². The lowest BCUT2D eigenvalue weighted by atomic mass is 9.65. The van der Waals surface area contributed by atoms with Gasteiger partial charge in [-0.2, -0.15) is 0 Å². The summed E-state index contributed by atoms with van der Waals surface area (Å²) in [6.45, 7) is 9.04. The van der Waals surface area contributed by atoms with Crippen molar-refractivity contribution in [1.82, 2.24) is 9.80 Å². The highest BCUT2D eigenvalue weighted by atomic mass is 16.6. The Balaban J connectivity index is 1.31. The zero-order chi connectivity index (χ0) is 21.6. The predicted molar refractivity (Wildman–Crippen MR) is 123 cm³/mol. The largest absolute Gasteiger partial charge is 0.444 e. The summed E-state index contributed by atoms with van der Waals surface area (Å²) in [5.41, 5.74) is 2.25. The van der Waals surface area contributed by atoms with Gasteiger partial charge in [0, 0.05) is 37.6 Å². The molecule has 4 nitrogen and oxygen atoms in total. The fourth-order valence-electron chi connectivity index (χ4n) is 5.72. The van der Waals surface area contributed by atoms with Crippen molar-refractivity contribution in [2.45, 2.75) is 63.8 Å². The van der Waals surface area contributed by atoms with E-state index in [2.05, 4.69) is 70.5 Å². The van der Waals surface area contributed by atoms with Crippen molar-refractivity contribution in [1.29, 1.82) is 0 Å². The number of nitrogens with zero attached hydrogens (tertiary/aromatic N) is 2. The molecule has 2 heterocycles. The lowest BCUT2D eigenvalue weighted by Crippen LogP contribution is -2.66. The first-order valence-electron chi connectivity index (χ1n) is 11.7. The Bertz CT molecular complexity index is 896. The van der Waals surface area contributed by atoms with Crippen molar-refractivity contribution in [3.63, 3.8) is 0 Å². The van der Waals surface area contributed by atoms with Gasteiger partial charge in [-0.25, -0.2) is 4.79 Å². The van der Waals surface area contributed by atoms with Crippen molar-refractivity contribution in [2.75, 3.05) is 13.1 Å². The molecule has 4 aliphatic rings. The second-order valence-electron chi connectivity index (χ2n) is 10.6. The summed E-state index contributed by atoms with van der Waals surface area (Å²) < 4.78 is 5.90. The molecule has 2 aliphatic carbocycles. The molecule has 2 saturated carbocycles. The highest BCUT2D eigenvalue weighted by Gasteiger charge is 2.57. The van der Waals surface area contributed by atoms with Gasteiger partial charge in [-0.05, 0) is 56.6 Å². The van der Waals surface area contributed by atoms with Gasteiger partial charge in [0.05, 0.1) is 0 Å². The molecule has 4 fully saturated rings. The second-order valence-corrected chi connectivity index (χ2v) is 10.6. The van der Waals surface area contributed by atoms with Gasteiger partial charge in [0.15, 0.2) is 0 Å². The number of benzene rings is 2. The van der Waals surface area contributed by atoms with Crippen LogP contribution in [0.3, 0.4) is 0 Å². The Morgan fingerprint density at radius 1 is 0.968 bits per heavy atom. The standard InChI is InChI=1S/C27H34N2O2/c1-27(2,3)31-26(30)29(24-15-23(24)20-12-8-5-9-13-20)25-21-14-22(25)18-28(17-21)16-19-10-6-4-7-11-19/h4-13,21-25H,14-18H2,1-3H3/t21-,22?,23-,24+,25?/m0/s1. The lowest BCUT2D eigenvalue weighted by Gasteiger charge is -2.57. The second kappa shape index (κ2) is 7.98. The van der Waals surface area contributed by atoms with Crippen LogP contribution in [0.25, 0.3) is 0 Å². The van der Waals surface area contributed by atoms with Crippen LogP contribution in [-0.4, -0.2) is 46.7 Å². The monoisotopic (exact) mass is 418 g/mol. The third-order valence-electron chi connectivity index (χ3n) is 7.07. The first-order valence-corrected chi connectivity index (χ1v) is 11.7. The molecule has 2 aromatic rings. The molecule has 2 aliphatic heterocycles. The highest BCUT2D eigenvalue weighted by Crippen LogP contribution is 2.52. The molecule has 5 atom stereocenters. The molecule has 0 spiro atoms. The Labute approximate surface area is 186 Å². The number of rotatable bonds is 5. The van der Waals surface area contributed by atoms with E-state index in [0.29, 0.717) is 23.8 Å². The molecule has 6 rings (SSSR count). The summed E-state index contributed by atoms with van der Waals surface area (Å²) in [5.74, 6) is 1.54. The molecule has 0 aromatic heterocycles. The van der Waals surface area contributed by atoms with Crippen LogP contribution in [0.4, 0.5) is 4.79 Å². The van der Waals surface area contributed by atoms with Crippen LogP contribution in [0, 0.1) is 11.8 Å². The maximum atomic E-state index is 13.3. The SMILES string of the molecule is CC(C)(C)OC(=O)N(C1C2C[C@H]1CN(Cc1ccccc1)C2)[C@@H]1C[C@H]1c1ccccc1. The van der Waals surface area contributed by atoms with Crippen LogP contribution < -0.4 is 0 Å². The zero-order valence-corrected chi connectivity index (χ0v) is 18.9. The van der Waals surface area contributed by atoms with Crippen LogP contribution in [0.2, 0.25) is 0 Å². The van der Waals surface area contributed by atoms with Crippen molar-refractivity contribution >= 4 is 6.09 Å². The van der Waals surface area contributed by atoms with Gasteiger partial charge in [0.25, 0.3) is 0 Å². The average molecular weight is 419 g/mol. The number of ether oxygens (including phenoxy) is 1. The van der Waals surface area contributed by atoms with Gasteiger partial charge >= 0.3 is 6.09 Å². The maximum Gasteiger partial charge on any atom is 0.410 e. The average Bonchev–Trinajstić information content (AvgIpc) is 3.52. The minimum Gasteiger partial charge on any atom is -0.444 e. The normalized spacial score (nSPS) is 29.7. The molecule has 164 valence electrons. The van der Waals surface area contributed by atoms with Gasteiger partial charge in [-0.3, -0.25) is 4.90 Å². The molecule has 2 unspecified atom stereocenters. The van der Waals surface area contributed by atoms with Gasteiger partial charge in [0.1, 0.15) is 5.60 Å². The van der Waals surface area contributed by atoms with E-state index >= 15 is 0 Å². The highest BCUT2D eigenvalue weighted by molar-refractivity contribution is 5.70. The van der Waals surface area contributed by atoms with E-state index in [1.165, 1.54) is 17.5 Å². The molecule has 0 radical (unpaired) electrons. The van der Waals surface area contributed by atoms with Gasteiger partial charge < -0.3 is 9.64 Å². The summed E-state index contributed by atoms with van der Waals surface area (Å²) in [4.78, 5) is 18.1.